The van der Waals surface area contributed by atoms with E-state index in [9.17, 15) is 0 Å². The first-order valence-corrected chi connectivity index (χ1v) is 10.2. The molecule has 0 aliphatic heterocycles. The van der Waals surface area contributed by atoms with Crippen LogP contribution in [0.3, 0.4) is 0 Å². The van der Waals surface area contributed by atoms with Crippen LogP contribution in [0, 0.1) is 0 Å². The Hall–Kier alpha value is -3.45. The molecule has 1 unspecified atom stereocenters. The molecule has 0 radical (unpaired) electrons. The minimum Gasteiger partial charge on any atom is -0.396 e. The van der Waals surface area contributed by atoms with Crippen LogP contribution in [0.4, 0.5) is 11.8 Å². The van der Waals surface area contributed by atoms with Crippen molar-refractivity contribution in [3.8, 4) is 0 Å². The van der Waals surface area contributed by atoms with Gasteiger partial charge < -0.3 is 15.7 Å². The summed E-state index contributed by atoms with van der Waals surface area (Å²) in [7, 11) is 0. The molecular formula is C23H26N6O. The number of rotatable bonds is 9. The van der Waals surface area contributed by atoms with Gasteiger partial charge in [0.2, 0.25) is 5.95 Å². The predicted octanol–water partition coefficient (Wildman–Crippen LogP) is 3.84. The first-order chi connectivity index (χ1) is 14.7. The van der Waals surface area contributed by atoms with Crippen molar-refractivity contribution >= 4 is 22.8 Å². The fraction of sp³-hybridized carbons (Fsp3) is 0.261. The number of aliphatic hydroxyl groups excluding tert-OH is 1. The Balaban J connectivity index is 1.68. The molecule has 4 aromatic rings. The molecule has 0 aliphatic rings. The molecule has 2 aromatic heterocycles. The zero-order valence-electron chi connectivity index (χ0n) is 17.0. The highest BCUT2D eigenvalue weighted by Gasteiger charge is 2.15. The van der Waals surface area contributed by atoms with Crippen LogP contribution in [-0.4, -0.2) is 38.0 Å². The predicted molar refractivity (Wildman–Crippen MR) is 120 cm³/mol. The Morgan fingerprint density at radius 1 is 1.00 bits per heavy atom. The van der Waals surface area contributed by atoms with E-state index in [4.69, 9.17) is 15.1 Å². The third-order valence-electron chi connectivity index (χ3n) is 4.94. The van der Waals surface area contributed by atoms with E-state index in [-0.39, 0.29) is 12.6 Å². The summed E-state index contributed by atoms with van der Waals surface area (Å²) in [5.74, 6) is 1.26. The Kier molecular flexibility index (Phi) is 6.20. The number of benzene rings is 2. The van der Waals surface area contributed by atoms with E-state index in [1.54, 1.807) is 0 Å². The van der Waals surface area contributed by atoms with Crippen molar-refractivity contribution < 1.29 is 5.11 Å². The summed E-state index contributed by atoms with van der Waals surface area (Å²) in [5, 5.41) is 21.3. The molecule has 0 spiro atoms. The molecule has 154 valence electrons. The van der Waals surface area contributed by atoms with Crippen LogP contribution in [0.25, 0.3) is 11.0 Å². The Bertz CT molecular complexity index is 1080. The van der Waals surface area contributed by atoms with Gasteiger partial charge in [0.1, 0.15) is 5.82 Å². The maximum Gasteiger partial charge on any atom is 0.226 e. The molecule has 0 fully saturated rings. The lowest BCUT2D eigenvalue weighted by atomic mass is 10.1. The number of hydrogen-bond acceptors (Lipinski definition) is 6. The van der Waals surface area contributed by atoms with Gasteiger partial charge in [0.05, 0.1) is 18.1 Å². The summed E-state index contributed by atoms with van der Waals surface area (Å²) in [6.45, 7) is 3.46. The van der Waals surface area contributed by atoms with Crippen molar-refractivity contribution in [2.75, 3.05) is 23.8 Å². The molecule has 0 saturated heterocycles. The van der Waals surface area contributed by atoms with Crippen LogP contribution in [0.2, 0.25) is 0 Å². The smallest absolute Gasteiger partial charge is 0.226 e. The number of nitrogens with one attached hydrogen (secondary N) is 2. The summed E-state index contributed by atoms with van der Waals surface area (Å²) < 4.78 is 1.89. The third-order valence-corrected chi connectivity index (χ3v) is 4.94. The van der Waals surface area contributed by atoms with E-state index in [2.05, 4.69) is 46.9 Å². The van der Waals surface area contributed by atoms with Gasteiger partial charge in [0.15, 0.2) is 5.65 Å². The SMILES string of the molecule is CC(Nc1nc(NCCCO)nc2c1cnn2Cc1ccccc1)c1ccccc1. The van der Waals surface area contributed by atoms with Gasteiger partial charge in [-0.3, -0.25) is 0 Å². The molecule has 4 rings (SSSR count). The Morgan fingerprint density at radius 3 is 2.47 bits per heavy atom. The van der Waals surface area contributed by atoms with Crippen LogP contribution < -0.4 is 10.6 Å². The molecule has 0 aliphatic carbocycles. The average molecular weight is 403 g/mol. The van der Waals surface area contributed by atoms with Crippen LogP contribution in [-0.2, 0) is 6.54 Å². The van der Waals surface area contributed by atoms with Crippen molar-refractivity contribution in [3.63, 3.8) is 0 Å². The van der Waals surface area contributed by atoms with Crippen molar-refractivity contribution in [2.45, 2.75) is 25.9 Å². The normalized spacial score (nSPS) is 12.1. The maximum absolute atomic E-state index is 9.08. The molecule has 3 N–H and O–H groups in total. The highest BCUT2D eigenvalue weighted by molar-refractivity contribution is 5.87. The number of fused-ring (bicyclic) bond motifs is 1. The minimum atomic E-state index is 0.0760. The second kappa shape index (κ2) is 9.37. The Morgan fingerprint density at radius 2 is 1.73 bits per heavy atom. The summed E-state index contributed by atoms with van der Waals surface area (Å²) >= 11 is 0. The fourth-order valence-electron chi connectivity index (χ4n) is 3.33. The zero-order chi connectivity index (χ0) is 20.8. The van der Waals surface area contributed by atoms with E-state index in [0.29, 0.717) is 25.5 Å². The maximum atomic E-state index is 9.08. The molecule has 1 atom stereocenters. The van der Waals surface area contributed by atoms with Gasteiger partial charge in [0, 0.05) is 19.2 Å². The van der Waals surface area contributed by atoms with E-state index >= 15 is 0 Å². The lowest BCUT2D eigenvalue weighted by Gasteiger charge is -2.16. The van der Waals surface area contributed by atoms with Crippen molar-refractivity contribution in [1.82, 2.24) is 19.7 Å². The van der Waals surface area contributed by atoms with Crippen LogP contribution in [0.5, 0.6) is 0 Å². The van der Waals surface area contributed by atoms with Gasteiger partial charge in [-0.05, 0) is 24.5 Å². The molecule has 0 amide bonds. The van der Waals surface area contributed by atoms with Gasteiger partial charge in [-0.25, -0.2) is 4.68 Å². The molecule has 30 heavy (non-hydrogen) atoms. The quantitative estimate of drug-likeness (QED) is 0.369. The molecular weight excluding hydrogens is 376 g/mol. The van der Waals surface area contributed by atoms with Gasteiger partial charge >= 0.3 is 0 Å². The second-order valence-corrected chi connectivity index (χ2v) is 7.20. The topological polar surface area (TPSA) is 87.9 Å². The number of hydrogen-bond donors (Lipinski definition) is 3. The summed E-state index contributed by atoms with van der Waals surface area (Å²) in [4.78, 5) is 9.39. The van der Waals surface area contributed by atoms with E-state index in [1.807, 2.05) is 47.3 Å². The van der Waals surface area contributed by atoms with E-state index < -0.39 is 0 Å². The van der Waals surface area contributed by atoms with Crippen molar-refractivity contribution in [3.05, 3.63) is 78.0 Å². The van der Waals surface area contributed by atoms with Gasteiger partial charge in [-0.15, -0.1) is 0 Å². The van der Waals surface area contributed by atoms with E-state index in [1.165, 1.54) is 5.56 Å². The lowest BCUT2D eigenvalue weighted by molar-refractivity contribution is 0.292. The van der Waals surface area contributed by atoms with Gasteiger partial charge in [-0.1, -0.05) is 60.7 Å². The van der Waals surface area contributed by atoms with Crippen LogP contribution >= 0.6 is 0 Å². The highest BCUT2D eigenvalue weighted by Crippen LogP contribution is 2.26. The van der Waals surface area contributed by atoms with Crippen LogP contribution in [0.15, 0.2) is 66.9 Å². The third kappa shape index (κ3) is 4.58. The van der Waals surface area contributed by atoms with Crippen molar-refractivity contribution in [1.29, 1.82) is 0 Å². The number of aliphatic hydroxyl groups is 1. The number of anilines is 2. The first kappa shape index (κ1) is 19.8. The molecule has 2 aromatic carbocycles. The molecule has 2 heterocycles. The number of nitrogens with zero attached hydrogens (tertiary/aromatic N) is 4. The van der Waals surface area contributed by atoms with Crippen LogP contribution in [0.1, 0.15) is 30.5 Å². The molecule has 0 bridgehead atoms. The molecule has 7 heteroatoms. The van der Waals surface area contributed by atoms with Gasteiger partial charge in [-0.2, -0.15) is 15.1 Å². The fourth-order valence-corrected chi connectivity index (χ4v) is 3.33. The van der Waals surface area contributed by atoms with Crippen molar-refractivity contribution in [2.24, 2.45) is 0 Å². The summed E-state index contributed by atoms with van der Waals surface area (Å²) in [6, 6.07) is 20.5. The zero-order valence-corrected chi connectivity index (χ0v) is 17.0. The lowest BCUT2D eigenvalue weighted by Crippen LogP contribution is -2.12. The minimum absolute atomic E-state index is 0.0760. The van der Waals surface area contributed by atoms with Gasteiger partial charge in [0.25, 0.3) is 0 Å². The summed E-state index contributed by atoms with van der Waals surface area (Å²) in [6.07, 6.45) is 2.45. The standard InChI is InChI=1S/C23H26N6O/c1-17(19-11-6-3-7-12-19)26-21-20-15-25-29(16-18-9-4-2-5-10-18)22(20)28-23(27-21)24-13-8-14-30/h2-7,9-12,15,17,30H,8,13-14,16H2,1H3,(H2,24,26,27,28). The largest absolute Gasteiger partial charge is 0.396 e. The highest BCUT2D eigenvalue weighted by atomic mass is 16.3. The molecule has 0 saturated carbocycles. The summed E-state index contributed by atoms with van der Waals surface area (Å²) in [5.41, 5.74) is 3.10. The first-order valence-electron chi connectivity index (χ1n) is 10.2. The Labute approximate surface area is 175 Å². The molecule has 7 nitrogen and oxygen atoms in total. The second-order valence-electron chi connectivity index (χ2n) is 7.20. The van der Waals surface area contributed by atoms with E-state index in [0.717, 1.165) is 22.4 Å². The number of aromatic nitrogens is 4. The monoisotopic (exact) mass is 402 g/mol. The average Bonchev–Trinajstić information content (AvgIpc) is 3.18.